The van der Waals surface area contributed by atoms with Crippen LogP contribution in [0.3, 0.4) is 0 Å². The van der Waals surface area contributed by atoms with Crippen LogP contribution in [-0.4, -0.2) is 33.6 Å². The fourth-order valence-corrected chi connectivity index (χ4v) is 2.38. The second kappa shape index (κ2) is 6.09. The first-order valence-corrected chi connectivity index (χ1v) is 6.74. The van der Waals surface area contributed by atoms with Crippen molar-refractivity contribution in [2.24, 2.45) is 11.8 Å². The number of hydrogen-bond acceptors (Lipinski definition) is 4. The molecule has 0 spiro atoms. The van der Waals surface area contributed by atoms with Gasteiger partial charge in [-0.15, -0.1) is 0 Å². The van der Waals surface area contributed by atoms with Gasteiger partial charge in [-0.2, -0.15) is 5.10 Å². The molecule has 1 aromatic heterocycles. The normalized spacial score (nSPS) is 19.6. The third-order valence-electron chi connectivity index (χ3n) is 3.27. The van der Waals surface area contributed by atoms with E-state index in [2.05, 4.69) is 29.2 Å². The molecule has 0 aliphatic carbocycles. The zero-order valence-electron chi connectivity index (χ0n) is 11.2. The smallest absolute Gasteiger partial charge is 0.140 e. The Balaban J connectivity index is 1.88. The molecule has 1 aliphatic rings. The van der Waals surface area contributed by atoms with Crippen LogP contribution in [0.4, 0.5) is 0 Å². The summed E-state index contributed by atoms with van der Waals surface area (Å²) in [6.07, 6.45) is 3.75. The van der Waals surface area contributed by atoms with Crippen molar-refractivity contribution in [3.8, 4) is 0 Å². The Kier molecular flexibility index (Phi) is 4.47. The number of rotatable bonds is 6. The molecule has 0 radical (unpaired) electrons. The van der Waals surface area contributed by atoms with E-state index in [-0.39, 0.29) is 5.78 Å². The van der Waals surface area contributed by atoms with Crippen molar-refractivity contribution in [1.29, 1.82) is 0 Å². The summed E-state index contributed by atoms with van der Waals surface area (Å²) in [6, 6.07) is 0. The van der Waals surface area contributed by atoms with Crippen molar-refractivity contribution in [1.82, 2.24) is 20.1 Å². The fraction of sp³-hybridized carbons (Fsp3) is 0.769. The zero-order chi connectivity index (χ0) is 13.0. The molecule has 1 saturated heterocycles. The minimum absolute atomic E-state index is 0.279. The maximum atomic E-state index is 12.0. The van der Waals surface area contributed by atoms with E-state index in [4.69, 9.17) is 0 Å². The summed E-state index contributed by atoms with van der Waals surface area (Å²) >= 11 is 0. The summed E-state index contributed by atoms with van der Waals surface area (Å²) in [6.45, 7) is 7.12. The number of nitrogens with one attached hydrogen (secondary N) is 1. The van der Waals surface area contributed by atoms with Gasteiger partial charge in [0, 0.05) is 13.0 Å². The summed E-state index contributed by atoms with van der Waals surface area (Å²) in [5.74, 6) is 2.11. The van der Waals surface area contributed by atoms with Crippen molar-refractivity contribution >= 4 is 5.78 Å². The van der Waals surface area contributed by atoms with Gasteiger partial charge in [0.2, 0.25) is 0 Å². The number of nitrogens with zero attached hydrogens (tertiary/aromatic N) is 3. The average molecular weight is 250 g/mol. The quantitative estimate of drug-likeness (QED) is 0.819. The van der Waals surface area contributed by atoms with Gasteiger partial charge in [-0.1, -0.05) is 13.8 Å². The molecule has 2 heterocycles. The fourth-order valence-electron chi connectivity index (χ4n) is 2.38. The van der Waals surface area contributed by atoms with Crippen LogP contribution in [0.15, 0.2) is 6.33 Å². The number of carbonyl (C=O) groups is 1. The minimum atomic E-state index is 0.279. The van der Waals surface area contributed by atoms with Gasteiger partial charge in [0.1, 0.15) is 17.9 Å². The molecule has 1 unspecified atom stereocenters. The Morgan fingerprint density at radius 3 is 3.11 bits per heavy atom. The molecule has 1 aromatic rings. The number of ketones is 1. The summed E-state index contributed by atoms with van der Waals surface area (Å²) in [4.78, 5) is 16.2. The highest BCUT2D eigenvalue weighted by Crippen LogP contribution is 2.14. The van der Waals surface area contributed by atoms with Crippen LogP contribution < -0.4 is 5.32 Å². The van der Waals surface area contributed by atoms with Crippen LogP contribution in [0.25, 0.3) is 0 Å². The largest absolute Gasteiger partial charge is 0.316 e. The SMILES string of the molecule is CC(C)Cn1ncnc1CC(=O)CC1CCNC1. The lowest BCUT2D eigenvalue weighted by atomic mass is 10.0. The summed E-state index contributed by atoms with van der Waals surface area (Å²) in [7, 11) is 0. The van der Waals surface area contributed by atoms with Crippen LogP contribution >= 0.6 is 0 Å². The molecule has 2 rings (SSSR count). The van der Waals surface area contributed by atoms with Crippen LogP contribution in [0.1, 0.15) is 32.5 Å². The van der Waals surface area contributed by atoms with Crippen LogP contribution in [-0.2, 0) is 17.8 Å². The second-order valence-corrected chi connectivity index (χ2v) is 5.53. The van der Waals surface area contributed by atoms with E-state index in [1.54, 1.807) is 6.33 Å². The maximum Gasteiger partial charge on any atom is 0.140 e. The predicted octanol–water partition coefficient (Wildman–Crippen LogP) is 1.05. The Hall–Kier alpha value is -1.23. The van der Waals surface area contributed by atoms with E-state index in [9.17, 15) is 4.79 Å². The van der Waals surface area contributed by atoms with Crippen molar-refractivity contribution < 1.29 is 4.79 Å². The van der Waals surface area contributed by atoms with Gasteiger partial charge in [0.15, 0.2) is 0 Å². The van der Waals surface area contributed by atoms with Gasteiger partial charge in [0.25, 0.3) is 0 Å². The lowest BCUT2D eigenvalue weighted by Gasteiger charge is -2.09. The van der Waals surface area contributed by atoms with Crippen molar-refractivity contribution in [3.05, 3.63) is 12.2 Å². The average Bonchev–Trinajstić information content (AvgIpc) is 2.91. The Morgan fingerprint density at radius 2 is 2.44 bits per heavy atom. The molecule has 1 atom stereocenters. The van der Waals surface area contributed by atoms with Crippen LogP contribution in [0, 0.1) is 11.8 Å². The van der Waals surface area contributed by atoms with E-state index < -0.39 is 0 Å². The molecule has 18 heavy (non-hydrogen) atoms. The third kappa shape index (κ3) is 3.63. The molecule has 100 valence electrons. The van der Waals surface area contributed by atoms with E-state index in [0.29, 0.717) is 24.7 Å². The molecule has 0 bridgehead atoms. The first-order chi connectivity index (χ1) is 8.65. The highest BCUT2D eigenvalue weighted by molar-refractivity contribution is 5.80. The lowest BCUT2D eigenvalue weighted by Crippen LogP contribution is -2.17. The second-order valence-electron chi connectivity index (χ2n) is 5.53. The number of Topliss-reactive ketones (excluding diaryl/α,β-unsaturated/α-hetero) is 1. The third-order valence-corrected chi connectivity index (χ3v) is 3.27. The number of aromatic nitrogens is 3. The molecule has 1 aliphatic heterocycles. The van der Waals surface area contributed by atoms with Crippen molar-refractivity contribution in [3.63, 3.8) is 0 Å². The van der Waals surface area contributed by atoms with E-state index in [1.165, 1.54) is 0 Å². The number of hydrogen-bond donors (Lipinski definition) is 1. The van der Waals surface area contributed by atoms with E-state index in [1.807, 2.05) is 4.68 Å². The molecule has 1 fully saturated rings. The first-order valence-electron chi connectivity index (χ1n) is 6.74. The van der Waals surface area contributed by atoms with Gasteiger partial charge in [-0.3, -0.25) is 4.79 Å². The highest BCUT2D eigenvalue weighted by atomic mass is 16.1. The Labute approximate surface area is 108 Å². The summed E-state index contributed by atoms with van der Waals surface area (Å²) < 4.78 is 1.86. The van der Waals surface area contributed by atoms with Gasteiger partial charge < -0.3 is 5.32 Å². The summed E-state index contributed by atoms with van der Waals surface area (Å²) in [5, 5.41) is 7.47. The molecule has 0 amide bonds. The Morgan fingerprint density at radius 1 is 1.61 bits per heavy atom. The first kappa shape index (κ1) is 13.2. The summed E-state index contributed by atoms with van der Waals surface area (Å²) in [5.41, 5.74) is 0. The van der Waals surface area contributed by atoms with E-state index >= 15 is 0 Å². The van der Waals surface area contributed by atoms with Crippen molar-refractivity contribution in [2.45, 2.75) is 39.7 Å². The maximum absolute atomic E-state index is 12.0. The standard InChI is InChI=1S/C13H22N4O/c1-10(2)8-17-13(15-9-16-17)6-12(18)5-11-3-4-14-7-11/h9-11,14H,3-8H2,1-2H3. The van der Waals surface area contributed by atoms with Gasteiger partial charge in [-0.05, 0) is 31.3 Å². The van der Waals surface area contributed by atoms with Gasteiger partial charge in [0.05, 0.1) is 6.42 Å². The zero-order valence-corrected chi connectivity index (χ0v) is 11.2. The molecular formula is C13H22N4O. The van der Waals surface area contributed by atoms with Crippen LogP contribution in [0.5, 0.6) is 0 Å². The predicted molar refractivity (Wildman–Crippen MR) is 69.2 cm³/mol. The van der Waals surface area contributed by atoms with Crippen LogP contribution in [0.2, 0.25) is 0 Å². The van der Waals surface area contributed by atoms with Gasteiger partial charge in [-0.25, -0.2) is 9.67 Å². The highest BCUT2D eigenvalue weighted by Gasteiger charge is 2.19. The number of carbonyl (C=O) groups excluding carboxylic acids is 1. The molecule has 0 aromatic carbocycles. The topological polar surface area (TPSA) is 59.8 Å². The molecule has 1 N–H and O–H groups in total. The lowest BCUT2D eigenvalue weighted by molar-refractivity contribution is -0.119. The van der Waals surface area contributed by atoms with Crippen molar-refractivity contribution in [2.75, 3.05) is 13.1 Å². The minimum Gasteiger partial charge on any atom is -0.316 e. The molecule has 5 heteroatoms. The molecule has 5 nitrogen and oxygen atoms in total. The van der Waals surface area contributed by atoms with Gasteiger partial charge >= 0.3 is 0 Å². The molecular weight excluding hydrogens is 228 g/mol. The Bertz CT molecular complexity index is 393. The van der Waals surface area contributed by atoms with E-state index in [0.717, 1.165) is 31.9 Å². The molecule has 0 saturated carbocycles. The monoisotopic (exact) mass is 250 g/mol.